The number of hydrogen-bond donors (Lipinski definition) is 2. The normalized spacial score (nSPS) is 13.2. The summed E-state index contributed by atoms with van der Waals surface area (Å²) < 4.78 is 6.81. The van der Waals surface area contributed by atoms with Crippen molar-refractivity contribution in [3.05, 3.63) is 57.6 Å². The first-order valence-electron chi connectivity index (χ1n) is 18.6. The standard InChI is InChI=1S/C41H72O3Si2/c1-14-15-25-45(10,11)44-46(12,13)26-23-21-19-17-16-18-20-22-24-33(34-29-36(40(4,5)6)38(42)27-31(34)2)35-30-37(41(7,8)9)39(43)28-32(35)3/h27-30,33,42-43H,14-26H2,1-13H3. The molecule has 0 saturated carbocycles. The van der Waals surface area contributed by atoms with E-state index in [1.54, 1.807) is 0 Å². The highest BCUT2D eigenvalue weighted by Crippen LogP contribution is 2.42. The molecule has 0 fully saturated rings. The number of phenols is 2. The monoisotopic (exact) mass is 669 g/mol. The quantitative estimate of drug-likeness (QED) is 0.123. The molecular formula is C41H72O3Si2. The van der Waals surface area contributed by atoms with E-state index in [1.165, 1.54) is 87.4 Å². The Hall–Kier alpha value is -1.57. The Labute approximate surface area is 287 Å². The van der Waals surface area contributed by atoms with Crippen molar-refractivity contribution >= 4 is 16.6 Å². The van der Waals surface area contributed by atoms with Crippen LogP contribution in [0.4, 0.5) is 0 Å². The van der Waals surface area contributed by atoms with Crippen LogP contribution in [0.25, 0.3) is 0 Å². The van der Waals surface area contributed by atoms with E-state index in [0.717, 1.165) is 28.7 Å². The van der Waals surface area contributed by atoms with Crippen molar-refractivity contribution < 1.29 is 14.3 Å². The third-order valence-electron chi connectivity index (χ3n) is 9.84. The minimum Gasteiger partial charge on any atom is -0.508 e. The highest BCUT2D eigenvalue weighted by Gasteiger charge is 2.32. The summed E-state index contributed by atoms with van der Waals surface area (Å²) in [5, 5.41) is 21.7. The van der Waals surface area contributed by atoms with Gasteiger partial charge in [0.1, 0.15) is 11.5 Å². The zero-order chi connectivity index (χ0) is 34.9. The zero-order valence-corrected chi connectivity index (χ0v) is 34.4. The van der Waals surface area contributed by atoms with E-state index in [-0.39, 0.29) is 16.7 Å². The number of benzene rings is 2. The van der Waals surface area contributed by atoms with Gasteiger partial charge in [-0.2, -0.15) is 0 Å². The molecule has 2 N–H and O–H groups in total. The van der Waals surface area contributed by atoms with E-state index in [4.69, 9.17) is 4.12 Å². The third-order valence-corrected chi connectivity index (χ3v) is 17.4. The summed E-state index contributed by atoms with van der Waals surface area (Å²) >= 11 is 0. The predicted molar refractivity (Wildman–Crippen MR) is 207 cm³/mol. The molecule has 0 aromatic heterocycles. The summed E-state index contributed by atoms with van der Waals surface area (Å²) in [6.45, 7) is 29.3. The molecule has 262 valence electrons. The van der Waals surface area contributed by atoms with Gasteiger partial charge in [-0.1, -0.05) is 125 Å². The molecule has 5 heteroatoms. The SMILES string of the molecule is CCCC[Si](C)(C)O[Si](C)(C)CCCCCCCCCCC(c1cc(C(C)(C)C)c(O)cc1C)c1cc(C(C)(C)C)c(O)cc1C. The molecule has 0 aliphatic heterocycles. The largest absolute Gasteiger partial charge is 0.508 e. The van der Waals surface area contributed by atoms with Crippen molar-refractivity contribution in [2.75, 3.05) is 0 Å². The summed E-state index contributed by atoms with van der Waals surface area (Å²) in [6.07, 6.45) is 14.0. The highest BCUT2D eigenvalue weighted by molar-refractivity contribution is 6.84. The minimum atomic E-state index is -1.55. The van der Waals surface area contributed by atoms with E-state index in [1.807, 2.05) is 12.1 Å². The number of aryl methyl sites for hydroxylation is 2. The third kappa shape index (κ3) is 12.8. The second-order valence-electron chi connectivity index (χ2n) is 17.6. The van der Waals surface area contributed by atoms with Crippen LogP contribution in [0, 0.1) is 13.8 Å². The number of hydrogen-bond acceptors (Lipinski definition) is 3. The van der Waals surface area contributed by atoms with Crippen LogP contribution in [0.15, 0.2) is 24.3 Å². The van der Waals surface area contributed by atoms with Crippen molar-refractivity contribution in [1.29, 1.82) is 0 Å². The fourth-order valence-electron chi connectivity index (χ4n) is 7.26. The Bertz CT molecular complexity index is 1160. The summed E-state index contributed by atoms with van der Waals surface area (Å²) in [5.41, 5.74) is 6.63. The lowest BCUT2D eigenvalue weighted by Gasteiger charge is -2.34. The molecule has 0 aliphatic rings. The first-order valence-corrected chi connectivity index (χ1v) is 24.8. The summed E-state index contributed by atoms with van der Waals surface area (Å²) in [5.74, 6) is 1.01. The number of aromatic hydroxyl groups is 2. The van der Waals surface area contributed by atoms with E-state index in [2.05, 4.69) is 101 Å². The second-order valence-corrected chi connectivity index (χ2v) is 26.5. The van der Waals surface area contributed by atoms with Gasteiger partial charge in [0.25, 0.3) is 0 Å². The van der Waals surface area contributed by atoms with Crippen molar-refractivity contribution in [3.8, 4) is 11.5 Å². The van der Waals surface area contributed by atoms with Gasteiger partial charge in [0, 0.05) is 5.92 Å². The van der Waals surface area contributed by atoms with Gasteiger partial charge in [0.05, 0.1) is 0 Å². The molecule has 0 bridgehead atoms. The van der Waals surface area contributed by atoms with Crippen LogP contribution in [-0.2, 0) is 14.9 Å². The van der Waals surface area contributed by atoms with Gasteiger partial charge >= 0.3 is 0 Å². The maximum Gasteiger partial charge on any atom is 0.173 e. The van der Waals surface area contributed by atoms with Crippen molar-refractivity contribution in [2.24, 2.45) is 0 Å². The Morgan fingerprint density at radius 3 is 1.35 bits per heavy atom. The van der Waals surface area contributed by atoms with Gasteiger partial charge in [-0.05, 0) is 115 Å². The van der Waals surface area contributed by atoms with E-state index < -0.39 is 16.6 Å². The van der Waals surface area contributed by atoms with Crippen molar-refractivity contribution in [1.82, 2.24) is 0 Å². The average molecular weight is 669 g/mol. The predicted octanol–water partition coefficient (Wildman–Crippen LogP) is 13.2. The Morgan fingerprint density at radius 1 is 0.587 bits per heavy atom. The first kappa shape index (κ1) is 40.6. The molecule has 0 spiro atoms. The Kier molecular flexibility index (Phi) is 15.2. The highest BCUT2D eigenvalue weighted by atomic mass is 28.4. The maximum absolute atomic E-state index is 10.9. The molecule has 2 aromatic carbocycles. The van der Waals surface area contributed by atoms with Crippen LogP contribution in [0.3, 0.4) is 0 Å². The van der Waals surface area contributed by atoms with Crippen LogP contribution < -0.4 is 0 Å². The van der Waals surface area contributed by atoms with Crippen LogP contribution in [-0.4, -0.2) is 26.8 Å². The maximum atomic E-state index is 10.9. The molecule has 3 nitrogen and oxygen atoms in total. The van der Waals surface area contributed by atoms with Gasteiger partial charge in [0.15, 0.2) is 16.6 Å². The number of rotatable bonds is 18. The lowest BCUT2D eigenvalue weighted by molar-refractivity contribution is 0.444. The molecular weight excluding hydrogens is 597 g/mol. The first-order chi connectivity index (χ1) is 21.2. The smallest absolute Gasteiger partial charge is 0.173 e. The molecule has 0 aliphatic carbocycles. The zero-order valence-electron chi connectivity index (χ0n) is 32.4. The molecule has 2 aromatic rings. The van der Waals surface area contributed by atoms with Gasteiger partial charge < -0.3 is 14.3 Å². The molecule has 46 heavy (non-hydrogen) atoms. The van der Waals surface area contributed by atoms with Gasteiger partial charge in [-0.3, -0.25) is 0 Å². The minimum absolute atomic E-state index is 0.143. The Balaban J connectivity index is 2.02. The van der Waals surface area contributed by atoms with Crippen LogP contribution >= 0.6 is 0 Å². The molecule has 0 radical (unpaired) electrons. The van der Waals surface area contributed by atoms with Crippen LogP contribution in [0.1, 0.15) is 158 Å². The number of unbranched alkanes of at least 4 members (excludes halogenated alkanes) is 8. The van der Waals surface area contributed by atoms with E-state index in [0.29, 0.717) is 11.5 Å². The van der Waals surface area contributed by atoms with Crippen LogP contribution in [0.2, 0.25) is 38.3 Å². The summed E-state index contributed by atoms with van der Waals surface area (Å²) in [4.78, 5) is 0. The lowest BCUT2D eigenvalue weighted by atomic mass is 9.76. The molecule has 0 amide bonds. The average Bonchev–Trinajstić information content (AvgIpc) is 2.89. The fourth-order valence-corrected chi connectivity index (χ4v) is 16.4. The molecule has 0 heterocycles. The van der Waals surface area contributed by atoms with E-state index in [9.17, 15) is 10.2 Å². The molecule has 0 atom stereocenters. The summed E-state index contributed by atoms with van der Waals surface area (Å²) in [7, 11) is -3.05. The van der Waals surface area contributed by atoms with E-state index >= 15 is 0 Å². The topological polar surface area (TPSA) is 49.7 Å². The Morgan fingerprint density at radius 2 is 0.957 bits per heavy atom. The van der Waals surface area contributed by atoms with Gasteiger partial charge in [-0.15, -0.1) is 0 Å². The summed E-state index contributed by atoms with van der Waals surface area (Å²) in [6, 6.07) is 11.1. The number of phenolic OH excluding ortho intramolecular Hbond substituents is 2. The van der Waals surface area contributed by atoms with Gasteiger partial charge in [0.2, 0.25) is 0 Å². The molecule has 0 unspecified atom stereocenters. The molecule has 2 rings (SSSR count). The second kappa shape index (κ2) is 17.2. The van der Waals surface area contributed by atoms with Crippen LogP contribution in [0.5, 0.6) is 11.5 Å². The fraction of sp³-hybridized carbons (Fsp3) is 0.707. The van der Waals surface area contributed by atoms with Crippen molar-refractivity contribution in [2.45, 2.75) is 188 Å². The molecule has 0 saturated heterocycles. The van der Waals surface area contributed by atoms with Crippen molar-refractivity contribution in [3.63, 3.8) is 0 Å². The van der Waals surface area contributed by atoms with Gasteiger partial charge in [-0.25, -0.2) is 0 Å². The lowest BCUT2D eigenvalue weighted by Crippen LogP contribution is -2.44.